The molecule has 0 bridgehead atoms. The molecule has 0 fully saturated rings. The minimum absolute atomic E-state index is 0.372. The maximum atomic E-state index is 10.5. The van der Waals surface area contributed by atoms with Crippen LogP contribution in [0.15, 0.2) is 18.2 Å². The Hall–Kier alpha value is -1.51. The van der Waals surface area contributed by atoms with Crippen molar-refractivity contribution in [3.05, 3.63) is 29.3 Å². The number of carbonyl (C=O) groups is 1. The zero-order valence-corrected chi connectivity index (χ0v) is 17.4. The second kappa shape index (κ2) is 10.6. The van der Waals surface area contributed by atoms with Gasteiger partial charge in [-0.05, 0) is 87.5 Å². The first kappa shape index (κ1) is 22.5. The van der Waals surface area contributed by atoms with Crippen LogP contribution in [0.5, 0.6) is 5.75 Å². The first-order valence-corrected chi connectivity index (χ1v) is 10.0. The van der Waals surface area contributed by atoms with E-state index in [1.807, 2.05) is 26.0 Å². The van der Waals surface area contributed by atoms with Crippen LogP contribution in [0.3, 0.4) is 0 Å². The lowest BCUT2D eigenvalue weighted by molar-refractivity contribution is -0.140. The molecule has 0 aliphatic rings. The van der Waals surface area contributed by atoms with E-state index in [0.29, 0.717) is 17.6 Å². The van der Waals surface area contributed by atoms with Crippen LogP contribution in [-0.4, -0.2) is 17.2 Å². The van der Waals surface area contributed by atoms with Gasteiger partial charge in [-0.2, -0.15) is 0 Å². The van der Waals surface area contributed by atoms with E-state index in [-0.39, 0.29) is 0 Å². The Bertz CT molecular complexity index is 541. The average Bonchev–Trinajstić information content (AvgIpc) is 2.49. The van der Waals surface area contributed by atoms with E-state index in [4.69, 9.17) is 4.74 Å². The van der Waals surface area contributed by atoms with Crippen LogP contribution < -0.4 is 0 Å². The van der Waals surface area contributed by atoms with Gasteiger partial charge >= 0.3 is 0 Å². The van der Waals surface area contributed by atoms with Gasteiger partial charge < -0.3 is 9.84 Å². The first-order valence-electron chi connectivity index (χ1n) is 10.0. The van der Waals surface area contributed by atoms with Gasteiger partial charge in [-0.3, -0.25) is 4.79 Å². The highest BCUT2D eigenvalue weighted by atomic mass is 16.5. The Morgan fingerprint density at radius 1 is 0.846 bits per heavy atom. The molecule has 1 N–H and O–H groups in total. The fourth-order valence-electron chi connectivity index (χ4n) is 3.26. The normalized spacial score (nSPS) is 12.2. The lowest BCUT2D eigenvalue weighted by atomic mass is 9.89. The van der Waals surface area contributed by atoms with Crippen molar-refractivity contribution in [2.75, 3.05) is 0 Å². The Labute approximate surface area is 160 Å². The highest BCUT2D eigenvalue weighted by Crippen LogP contribution is 2.24. The molecule has 0 heterocycles. The summed E-state index contributed by atoms with van der Waals surface area (Å²) in [5, 5.41) is 10.0. The molecule has 0 aliphatic heterocycles. The maximum Gasteiger partial charge on any atom is 0.293 e. The third kappa shape index (κ3) is 10.5. The summed E-state index contributed by atoms with van der Waals surface area (Å²) in [6, 6.07) is 6.00. The predicted molar refractivity (Wildman–Crippen MR) is 109 cm³/mol. The van der Waals surface area contributed by atoms with E-state index in [1.165, 1.54) is 36.8 Å². The van der Waals surface area contributed by atoms with Gasteiger partial charge in [-0.1, -0.05) is 39.7 Å². The van der Waals surface area contributed by atoms with Crippen LogP contribution in [0.4, 0.5) is 0 Å². The van der Waals surface area contributed by atoms with Crippen molar-refractivity contribution in [1.29, 1.82) is 0 Å². The zero-order valence-electron chi connectivity index (χ0n) is 17.4. The standard InChI is InChI=1S/C23H38O3/c1-22(2,3)13-9-6-7-11-19-15-20(17-21(25)16-19)12-8-10-14-23(4,5)26-18-24/h15-18,25H,6-14H2,1-5H3. The number of phenolic OH excluding ortho intramolecular Hbond substituents is 1. The predicted octanol–water partition coefficient (Wildman–Crippen LogP) is 6.21. The molecule has 26 heavy (non-hydrogen) atoms. The highest BCUT2D eigenvalue weighted by molar-refractivity contribution is 5.38. The van der Waals surface area contributed by atoms with Crippen LogP contribution in [0.25, 0.3) is 0 Å². The zero-order chi connectivity index (χ0) is 19.6. The van der Waals surface area contributed by atoms with E-state index in [0.717, 1.165) is 32.1 Å². The molecular weight excluding hydrogens is 324 g/mol. The summed E-state index contributed by atoms with van der Waals surface area (Å²) < 4.78 is 5.08. The number of unbranched alkanes of at least 4 members (excludes halogenated alkanes) is 3. The van der Waals surface area contributed by atoms with Gasteiger partial charge in [0.1, 0.15) is 11.4 Å². The maximum absolute atomic E-state index is 10.5. The van der Waals surface area contributed by atoms with Gasteiger partial charge in [-0.25, -0.2) is 0 Å². The molecule has 3 nitrogen and oxygen atoms in total. The Balaban J connectivity index is 2.38. The van der Waals surface area contributed by atoms with Crippen molar-refractivity contribution in [2.24, 2.45) is 5.41 Å². The average molecular weight is 363 g/mol. The molecule has 3 heteroatoms. The van der Waals surface area contributed by atoms with Gasteiger partial charge in [0.05, 0.1) is 0 Å². The monoisotopic (exact) mass is 362 g/mol. The molecule has 1 aromatic carbocycles. The number of carbonyl (C=O) groups excluding carboxylic acids is 1. The number of ether oxygens (including phenoxy) is 1. The topological polar surface area (TPSA) is 46.5 Å². The molecule has 0 saturated carbocycles. The van der Waals surface area contributed by atoms with Crippen molar-refractivity contribution < 1.29 is 14.6 Å². The SMILES string of the molecule is CC(C)(C)CCCCCc1cc(O)cc(CCCCC(C)(C)OC=O)c1. The largest absolute Gasteiger partial charge is 0.508 e. The van der Waals surface area contributed by atoms with E-state index in [1.54, 1.807) is 0 Å². The molecule has 0 unspecified atom stereocenters. The van der Waals surface area contributed by atoms with E-state index in [9.17, 15) is 9.90 Å². The Morgan fingerprint density at radius 3 is 1.92 bits per heavy atom. The third-order valence-electron chi connectivity index (χ3n) is 4.79. The number of aryl methyl sites for hydroxylation is 2. The molecule has 0 spiro atoms. The first-order chi connectivity index (χ1) is 12.1. The summed E-state index contributed by atoms with van der Waals surface area (Å²) in [5.41, 5.74) is 2.46. The molecule has 0 amide bonds. The van der Waals surface area contributed by atoms with Gasteiger partial charge in [0.25, 0.3) is 6.47 Å². The summed E-state index contributed by atoms with van der Waals surface area (Å²) in [6.07, 6.45) is 9.82. The molecule has 1 aromatic rings. The molecule has 0 saturated heterocycles. The number of phenols is 1. The molecule has 0 aromatic heterocycles. The number of hydrogen-bond acceptors (Lipinski definition) is 3. The minimum atomic E-state index is -0.390. The van der Waals surface area contributed by atoms with Crippen LogP contribution >= 0.6 is 0 Å². The lowest BCUT2D eigenvalue weighted by Gasteiger charge is -2.22. The van der Waals surface area contributed by atoms with Crippen molar-refractivity contribution >= 4 is 6.47 Å². The van der Waals surface area contributed by atoms with Gasteiger partial charge in [-0.15, -0.1) is 0 Å². The van der Waals surface area contributed by atoms with E-state index in [2.05, 4.69) is 26.8 Å². The van der Waals surface area contributed by atoms with Crippen LogP contribution in [0, 0.1) is 5.41 Å². The molecule has 0 aliphatic carbocycles. The van der Waals surface area contributed by atoms with Gasteiger partial charge in [0, 0.05) is 0 Å². The summed E-state index contributed by atoms with van der Waals surface area (Å²) in [5.74, 6) is 0.372. The summed E-state index contributed by atoms with van der Waals surface area (Å²) in [7, 11) is 0. The van der Waals surface area contributed by atoms with E-state index < -0.39 is 5.60 Å². The fraction of sp³-hybridized carbons (Fsp3) is 0.696. The Kier molecular flexibility index (Phi) is 9.18. The quantitative estimate of drug-likeness (QED) is 0.355. The summed E-state index contributed by atoms with van der Waals surface area (Å²) >= 11 is 0. The van der Waals surface area contributed by atoms with Crippen LogP contribution in [0.1, 0.15) is 90.7 Å². The number of benzene rings is 1. The molecule has 148 valence electrons. The second-order valence-electron chi connectivity index (χ2n) is 9.31. The van der Waals surface area contributed by atoms with Crippen LogP contribution in [-0.2, 0) is 22.4 Å². The third-order valence-corrected chi connectivity index (χ3v) is 4.79. The summed E-state index contributed by atoms with van der Waals surface area (Å²) in [4.78, 5) is 10.5. The molecule has 0 atom stereocenters. The van der Waals surface area contributed by atoms with Crippen molar-refractivity contribution in [3.8, 4) is 5.75 Å². The number of rotatable bonds is 12. The molecule has 1 rings (SSSR count). The van der Waals surface area contributed by atoms with Crippen molar-refractivity contribution in [2.45, 2.75) is 98.0 Å². The van der Waals surface area contributed by atoms with E-state index >= 15 is 0 Å². The number of hydrogen-bond donors (Lipinski definition) is 1. The molecular formula is C23H38O3. The minimum Gasteiger partial charge on any atom is -0.508 e. The second-order valence-corrected chi connectivity index (χ2v) is 9.31. The molecule has 0 radical (unpaired) electrons. The van der Waals surface area contributed by atoms with Crippen LogP contribution in [0.2, 0.25) is 0 Å². The number of aromatic hydroxyl groups is 1. The smallest absolute Gasteiger partial charge is 0.293 e. The highest BCUT2D eigenvalue weighted by Gasteiger charge is 2.17. The van der Waals surface area contributed by atoms with Gasteiger partial charge in [0.2, 0.25) is 0 Å². The van der Waals surface area contributed by atoms with Crippen molar-refractivity contribution in [3.63, 3.8) is 0 Å². The lowest BCUT2D eigenvalue weighted by Crippen LogP contribution is -2.23. The fourth-order valence-corrected chi connectivity index (χ4v) is 3.26. The van der Waals surface area contributed by atoms with Crippen molar-refractivity contribution in [1.82, 2.24) is 0 Å². The Morgan fingerprint density at radius 2 is 1.38 bits per heavy atom. The summed E-state index contributed by atoms with van der Waals surface area (Å²) in [6.45, 7) is 11.3. The van der Waals surface area contributed by atoms with Gasteiger partial charge in [0.15, 0.2) is 0 Å².